The number of benzene rings is 3. The Hall–Kier alpha value is -4.06. The van der Waals surface area contributed by atoms with Crippen molar-refractivity contribution in [3.8, 4) is 17.1 Å². The van der Waals surface area contributed by atoms with Gasteiger partial charge in [0, 0.05) is 36.3 Å². The predicted octanol–water partition coefficient (Wildman–Crippen LogP) is 5.73. The summed E-state index contributed by atoms with van der Waals surface area (Å²) in [5.74, 6) is 0.818. The Kier molecular flexibility index (Phi) is 5.94. The second-order valence-corrected chi connectivity index (χ2v) is 7.34. The molecule has 1 N–H and O–H groups in total. The van der Waals surface area contributed by atoms with Gasteiger partial charge in [-0.15, -0.1) is 0 Å². The van der Waals surface area contributed by atoms with E-state index in [2.05, 4.69) is 5.32 Å². The second-order valence-electron chi connectivity index (χ2n) is 7.34. The largest absolute Gasteiger partial charge is 0.494 e. The highest BCUT2D eigenvalue weighted by atomic mass is 16.5. The third-order valence-electron chi connectivity index (χ3n) is 5.22. The molecule has 162 valence electrons. The van der Waals surface area contributed by atoms with E-state index >= 15 is 0 Å². The maximum absolute atomic E-state index is 13.4. The number of nitrogens with one attached hydrogen (secondary N) is 1. The summed E-state index contributed by atoms with van der Waals surface area (Å²) in [5.41, 5.74) is 3.22. The Morgan fingerprint density at radius 3 is 2.38 bits per heavy atom. The molecule has 3 aromatic carbocycles. The number of fused-ring (bicyclic) bond motifs is 1. The molecule has 0 fully saturated rings. The van der Waals surface area contributed by atoms with Gasteiger partial charge in [-0.3, -0.25) is 9.59 Å². The molecule has 0 unspecified atom stereocenters. The summed E-state index contributed by atoms with van der Waals surface area (Å²) in [4.78, 5) is 26.5. The lowest BCUT2D eigenvalue weighted by Crippen LogP contribution is -2.22. The van der Waals surface area contributed by atoms with Gasteiger partial charge in [-0.1, -0.05) is 30.3 Å². The Bertz CT molecular complexity index is 1260. The highest BCUT2D eigenvalue weighted by Gasteiger charge is 2.23. The summed E-state index contributed by atoms with van der Waals surface area (Å²) in [7, 11) is 1.70. The molecule has 0 bridgehead atoms. The third-order valence-corrected chi connectivity index (χ3v) is 5.22. The normalized spacial score (nSPS) is 10.7. The van der Waals surface area contributed by atoms with Crippen molar-refractivity contribution >= 4 is 34.2 Å². The molecule has 4 rings (SSSR count). The van der Waals surface area contributed by atoms with Crippen LogP contribution in [0.25, 0.3) is 22.3 Å². The van der Waals surface area contributed by atoms with Crippen LogP contribution in [0.5, 0.6) is 5.75 Å². The maximum Gasteiger partial charge on any atom is 0.260 e. The number of carbonyl (C=O) groups is 2. The molecule has 6 nitrogen and oxygen atoms in total. The van der Waals surface area contributed by atoms with E-state index in [0.717, 1.165) is 11.3 Å². The molecule has 2 amide bonds. The third kappa shape index (κ3) is 4.21. The molecular formula is C26H24N2O4. The summed E-state index contributed by atoms with van der Waals surface area (Å²) in [6.07, 6.45) is 0. The summed E-state index contributed by atoms with van der Waals surface area (Å²) < 4.78 is 11.7. The minimum atomic E-state index is -0.288. The fraction of sp³-hybridized carbons (Fsp3) is 0.154. The fourth-order valence-corrected chi connectivity index (χ4v) is 3.50. The van der Waals surface area contributed by atoms with Crippen LogP contribution in [-0.4, -0.2) is 25.5 Å². The van der Waals surface area contributed by atoms with Gasteiger partial charge in [0.05, 0.1) is 12.2 Å². The number of hydrogen-bond donors (Lipinski definition) is 1. The van der Waals surface area contributed by atoms with E-state index in [4.69, 9.17) is 9.15 Å². The maximum atomic E-state index is 13.4. The molecule has 0 spiro atoms. The Balaban J connectivity index is 1.73. The zero-order valence-electron chi connectivity index (χ0n) is 18.2. The SMILES string of the molecule is CCOc1ccc2oc(-c3ccccc3)c(C(=O)Nc3ccc(N(C)C(C)=O)cc3)c2c1. The first-order valence-corrected chi connectivity index (χ1v) is 10.4. The molecular weight excluding hydrogens is 404 g/mol. The summed E-state index contributed by atoms with van der Waals surface area (Å²) in [5, 5.41) is 3.63. The lowest BCUT2D eigenvalue weighted by Gasteiger charge is -2.15. The van der Waals surface area contributed by atoms with Crippen LogP contribution in [0.3, 0.4) is 0 Å². The van der Waals surface area contributed by atoms with Gasteiger partial charge in [-0.25, -0.2) is 0 Å². The first-order chi connectivity index (χ1) is 15.5. The van der Waals surface area contributed by atoms with Crippen molar-refractivity contribution in [3.05, 3.63) is 78.4 Å². The second kappa shape index (κ2) is 8.98. The van der Waals surface area contributed by atoms with Crippen molar-refractivity contribution in [3.63, 3.8) is 0 Å². The smallest absolute Gasteiger partial charge is 0.260 e. The van der Waals surface area contributed by atoms with Crippen molar-refractivity contribution in [2.24, 2.45) is 0 Å². The van der Waals surface area contributed by atoms with Crippen molar-refractivity contribution in [2.75, 3.05) is 23.9 Å². The number of nitrogens with zero attached hydrogens (tertiary/aromatic N) is 1. The van der Waals surface area contributed by atoms with E-state index in [1.165, 1.54) is 11.8 Å². The van der Waals surface area contributed by atoms with Crippen molar-refractivity contribution in [1.29, 1.82) is 0 Å². The summed E-state index contributed by atoms with van der Waals surface area (Å²) in [6.45, 7) is 3.94. The minimum Gasteiger partial charge on any atom is -0.494 e. The first kappa shape index (κ1) is 21.2. The Morgan fingerprint density at radius 1 is 1.00 bits per heavy atom. The van der Waals surface area contributed by atoms with Gasteiger partial charge < -0.3 is 19.4 Å². The van der Waals surface area contributed by atoms with E-state index in [0.29, 0.717) is 40.3 Å². The number of amides is 2. The Morgan fingerprint density at radius 2 is 1.72 bits per heavy atom. The van der Waals surface area contributed by atoms with Crippen LogP contribution in [0.1, 0.15) is 24.2 Å². The van der Waals surface area contributed by atoms with Crippen LogP contribution in [-0.2, 0) is 4.79 Å². The van der Waals surface area contributed by atoms with E-state index < -0.39 is 0 Å². The molecule has 4 aromatic rings. The van der Waals surface area contributed by atoms with Crippen molar-refractivity contribution in [1.82, 2.24) is 0 Å². The van der Waals surface area contributed by atoms with Crippen LogP contribution < -0.4 is 15.0 Å². The van der Waals surface area contributed by atoms with E-state index in [9.17, 15) is 9.59 Å². The molecule has 1 aromatic heterocycles. The molecule has 0 aliphatic rings. The van der Waals surface area contributed by atoms with Crippen LogP contribution >= 0.6 is 0 Å². The average Bonchev–Trinajstić information content (AvgIpc) is 3.19. The van der Waals surface area contributed by atoms with Gasteiger partial charge in [0.2, 0.25) is 5.91 Å². The standard InChI is InChI=1S/C26H24N2O4/c1-4-31-21-14-15-23-22(16-21)24(25(32-23)18-8-6-5-7-9-18)26(30)27-19-10-12-20(13-11-19)28(3)17(2)29/h5-16H,4H2,1-3H3,(H,27,30). The quantitative estimate of drug-likeness (QED) is 0.425. The minimum absolute atomic E-state index is 0.0655. The predicted molar refractivity (Wildman–Crippen MR) is 126 cm³/mol. The lowest BCUT2D eigenvalue weighted by molar-refractivity contribution is -0.116. The molecule has 0 aliphatic heterocycles. The van der Waals surface area contributed by atoms with Crippen LogP contribution in [0.4, 0.5) is 11.4 Å². The van der Waals surface area contributed by atoms with Gasteiger partial charge in [0.1, 0.15) is 17.1 Å². The van der Waals surface area contributed by atoms with Gasteiger partial charge in [-0.2, -0.15) is 0 Å². The number of hydrogen-bond acceptors (Lipinski definition) is 4. The van der Waals surface area contributed by atoms with Gasteiger partial charge in [0.15, 0.2) is 0 Å². The van der Waals surface area contributed by atoms with E-state index in [1.54, 1.807) is 31.3 Å². The zero-order chi connectivity index (χ0) is 22.7. The fourth-order valence-electron chi connectivity index (χ4n) is 3.50. The highest BCUT2D eigenvalue weighted by Crippen LogP contribution is 2.36. The topological polar surface area (TPSA) is 71.8 Å². The van der Waals surface area contributed by atoms with Gasteiger partial charge in [-0.05, 0) is 49.4 Å². The molecule has 0 saturated carbocycles. The molecule has 6 heteroatoms. The molecule has 0 saturated heterocycles. The first-order valence-electron chi connectivity index (χ1n) is 10.4. The lowest BCUT2D eigenvalue weighted by atomic mass is 10.0. The van der Waals surface area contributed by atoms with E-state index in [-0.39, 0.29) is 11.8 Å². The zero-order valence-corrected chi connectivity index (χ0v) is 18.2. The van der Waals surface area contributed by atoms with Gasteiger partial charge >= 0.3 is 0 Å². The van der Waals surface area contributed by atoms with Crippen molar-refractivity contribution < 1.29 is 18.7 Å². The molecule has 1 heterocycles. The number of anilines is 2. The number of furan rings is 1. The highest BCUT2D eigenvalue weighted by molar-refractivity contribution is 6.16. The van der Waals surface area contributed by atoms with Gasteiger partial charge in [0.25, 0.3) is 5.91 Å². The summed E-state index contributed by atoms with van der Waals surface area (Å²) in [6, 6.07) is 22.1. The Labute approximate surface area is 186 Å². The monoisotopic (exact) mass is 428 g/mol. The van der Waals surface area contributed by atoms with Crippen LogP contribution in [0.15, 0.2) is 77.2 Å². The van der Waals surface area contributed by atoms with E-state index in [1.807, 2.05) is 55.5 Å². The van der Waals surface area contributed by atoms with Crippen LogP contribution in [0, 0.1) is 0 Å². The molecule has 0 radical (unpaired) electrons. The number of ether oxygens (including phenoxy) is 1. The molecule has 0 atom stereocenters. The van der Waals surface area contributed by atoms with Crippen molar-refractivity contribution in [2.45, 2.75) is 13.8 Å². The number of carbonyl (C=O) groups excluding carboxylic acids is 2. The molecule has 0 aliphatic carbocycles. The van der Waals surface area contributed by atoms with Crippen LogP contribution in [0.2, 0.25) is 0 Å². The summed E-state index contributed by atoms with van der Waals surface area (Å²) >= 11 is 0. The molecule has 32 heavy (non-hydrogen) atoms. The average molecular weight is 428 g/mol. The number of rotatable bonds is 6.